The first-order valence-corrected chi connectivity index (χ1v) is 6.77. The second kappa shape index (κ2) is 5.68. The fourth-order valence-electron chi connectivity index (χ4n) is 2.87. The average Bonchev–Trinajstić information content (AvgIpc) is 2.82. The van der Waals surface area contributed by atoms with Gasteiger partial charge in [0.1, 0.15) is 5.69 Å². The fourth-order valence-corrected chi connectivity index (χ4v) is 2.87. The molecule has 0 saturated heterocycles. The molecule has 0 amide bonds. The highest BCUT2D eigenvalue weighted by Crippen LogP contribution is 2.27. The number of pyridine rings is 1. The molecule has 20 heavy (non-hydrogen) atoms. The molecule has 0 fully saturated rings. The van der Waals surface area contributed by atoms with Crippen LogP contribution in [0.3, 0.4) is 0 Å². The molecule has 0 saturated carbocycles. The lowest BCUT2D eigenvalue weighted by Gasteiger charge is -2.31. The van der Waals surface area contributed by atoms with Crippen molar-refractivity contribution in [2.75, 3.05) is 20.3 Å². The van der Waals surface area contributed by atoms with Crippen LogP contribution in [0.25, 0.3) is 0 Å². The summed E-state index contributed by atoms with van der Waals surface area (Å²) in [6.45, 7) is 3.28. The normalized spacial score (nSPS) is 19.0. The summed E-state index contributed by atoms with van der Waals surface area (Å²) >= 11 is 0. The number of methoxy groups -OCH3 is 1. The summed E-state index contributed by atoms with van der Waals surface area (Å²) in [7, 11) is 3.68. The molecule has 1 atom stereocenters. The van der Waals surface area contributed by atoms with Gasteiger partial charge >= 0.3 is 0 Å². The standard InChI is InChI=1S/C14H19N5O/c1-18-14-11(10-20-2)7-19(9-13(14)16-17-18)8-12-5-3-4-6-15-12/h3-6,11H,7-10H2,1-2H3/t11-/m1/s1. The van der Waals surface area contributed by atoms with Crippen molar-refractivity contribution in [2.24, 2.45) is 7.05 Å². The van der Waals surface area contributed by atoms with Crippen molar-refractivity contribution in [3.63, 3.8) is 0 Å². The number of aromatic nitrogens is 4. The first-order chi connectivity index (χ1) is 9.78. The van der Waals surface area contributed by atoms with Crippen LogP contribution in [0.2, 0.25) is 0 Å². The molecular formula is C14H19N5O. The van der Waals surface area contributed by atoms with Crippen molar-refractivity contribution < 1.29 is 4.74 Å². The number of ether oxygens (including phenoxy) is 1. The van der Waals surface area contributed by atoms with E-state index in [1.165, 1.54) is 5.69 Å². The number of fused-ring (bicyclic) bond motifs is 1. The maximum atomic E-state index is 5.35. The van der Waals surface area contributed by atoms with E-state index < -0.39 is 0 Å². The molecule has 3 rings (SSSR count). The second-order valence-corrected chi connectivity index (χ2v) is 5.19. The molecule has 0 aromatic carbocycles. The summed E-state index contributed by atoms with van der Waals surface area (Å²) in [6.07, 6.45) is 1.83. The number of nitrogens with zero attached hydrogens (tertiary/aromatic N) is 5. The molecule has 106 valence electrons. The van der Waals surface area contributed by atoms with Crippen LogP contribution in [0.4, 0.5) is 0 Å². The van der Waals surface area contributed by atoms with Crippen molar-refractivity contribution in [2.45, 2.75) is 19.0 Å². The van der Waals surface area contributed by atoms with Gasteiger partial charge in [0.05, 0.1) is 18.0 Å². The summed E-state index contributed by atoms with van der Waals surface area (Å²) in [5.41, 5.74) is 3.33. The third-order valence-electron chi connectivity index (χ3n) is 3.66. The van der Waals surface area contributed by atoms with E-state index in [2.05, 4.69) is 26.3 Å². The largest absolute Gasteiger partial charge is 0.384 e. The van der Waals surface area contributed by atoms with Gasteiger partial charge in [0.15, 0.2) is 0 Å². The van der Waals surface area contributed by atoms with Gasteiger partial charge in [0, 0.05) is 45.9 Å². The molecule has 0 spiro atoms. The Labute approximate surface area is 118 Å². The highest BCUT2D eigenvalue weighted by Gasteiger charge is 2.29. The molecule has 0 bridgehead atoms. The van der Waals surface area contributed by atoms with Crippen LogP contribution in [0.1, 0.15) is 23.0 Å². The Bertz CT molecular complexity index is 568. The third-order valence-corrected chi connectivity index (χ3v) is 3.66. The van der Waals surface area contributed by atoms with Gasteiger partial charge in [0.25, 0.3) is 0 Å². The van der Waals surface area contributed by atoms with Crippen LogP contribution in [-0.4, -0.2) is 45.1 Å². The molecule has 0 unspecified atom stereocenters. The maximum absolute atomic E-state index is 5.35. The average molecular weight is 273 g/mol. The SMILES string of the molecule is COC[C@H]1CN(Cc2ccccn2)Cc2nnn(C)c21. The quantitative estimate of drug-likeness (QED) is 0.830. The molecule has 2 aromatic rings. The number of rotatable bonds is 4. The molecule has 6 nitrogen and oxygen atoms in total. The zero-order valence-corrected chi connectivity index (χ0v) is 11.9. The van der Waals surface area contributed by atoms with E-state index in [4.69, 9.17) is 4.74 Å². The lowest BCUT2D eigenvalue weighted by Crippen LogP contribution is -2.36. The van der Waals surface area contributed by atoms with E-state index in [1.54, 1.807) is 7.11 Å². The number of hydrogen-bond donors (Lipinski definition) is 0. The topological polar surface area (TPSA) is 56.1 Å². The van der Waals surface area contributed by atoms with E-state index in [0.717, 1.165) is 31.0 Å². The molecule has 1 aliphatic rings. The van der Waals surface area contributed by atoms with Gasteiger partial charge in [-0.2, -0.15) is 0 Å². The van der Waals surface area contributed by atoms with Crippen molar-refractivity contribution in [1.82, 2.24) is 24.9 Å². The van der Waals surface area contributed by atoms with Gasteiger partial charge in [-0.25, -0.2) is 0 Å². The highest BCUT2D eigenvalue weighted by atomic mass is 16.5. The predicted molar refractivity (Wildman–Crippen MR) is 74.0 cm³/mol. The first kappa shape index (κ1) is 13.2. The zero-order chi connectivity index (χ0) is 13.9. The predicted octanol–water partition coefficient (Wildman–Crippen LogP) is 0.956. The number of hydrogen-bond acceptors (Lipinski definition) is 5. The molecular weight excluding hydrogens is 254 g/mol. The van der Waals surface area contributed by atoms with E-state index in [-0.39, 0.29) is 0 Å². The van der Waals surface area contributed by atoms with E-state index in [0.29, 0.717) is 12.5 Å². The lowest BCUT2D eigenvalue weighted by molar-refractivity contribution is 0.131. The summed E-state index contributed by atoms with van der Waals surface area (Å²) < 4.78 is 7.22. The maximum Gasteiger partial charge on any atom is 0.100 e. The Balaban J connectivity index is 1.79. The van der Waals surface area contributed by atoms with E-state index >= 15 is 0 Å². The van der Waals surface area contributed by atoms with Gasteiger partial charge in [-0.1, -0.05) is 11.3 Å². The highest BCUT2D eigenvalue weighted by molar-refractivity contribution is 5.20. The smallest absolute Gasteiger partial charge is 0.100 e. The Morgan fingerprint density at radius 2 is 2.30 bits per heavy atom. The van der Waals surface area contributed by atoms with Crippen LogP contribution in [0.5, 0.6) is 0 Å². The van der Waals surface area contributed by atoms with Gasteiger partial charge in [-0.05, 0) is 12.1 Å². The lowest BCUT2D eigenvalue weighted by atomic mass is 9.99. The van der Waals surface area contributed by atoms with Gasteiger partial charge < -0.3 is 4.74 Å². The summed E-state index contributed by atoms with van der Waals surface area (Å²) in [4.78, 5) is 6.74. The molecule has 6 heteroatoms. The monoisotopic (exact) mass is 273 g/mol. The van der Waals surface area contributed by atoms with Crippen LogP contribution < -0.4 is 0 Å². The van der Waals surface area contributed by atoms with Crippen LogP contribution >= 0.6 is 0 Å². The molecule has 0 N–H and O–H groups in total. The van der Waals surface area contributed by atoms with Crippen LogP contribution in [0.15, 0.2) is 24.4 Å². The summed E-state index contributed by atoms with van der Waals surface area (Å²) in [5.74, 6) is 0.312. The minimum atomic E-state index is 0.312. The number of aryl methyl sites for hydroxylation is 1. The summed E-state index contributed by atoms with van der Waals surface area (Å²) in [5, 5.41) is 8.42. The summed E-state index contributed by atoms with van der Waals surface area (Å²) in [6, 6.07) is 6.01. The zero-order valence-electron chi connectivity index (χ0n) is 11.9. The second-order valence-electron chi connectivity index (χ2n) is 5.19. The minimum Gasteiger partial charge on any atom is -0.384 e. The van der Waals surface area contributed by atoms with Gasteiger partial charge in [0.2, 0.25) is 0 Å². The van der Waals surface area contributed by atoms with Gasteiger partial charge in [-0.15, -0.1) is 5.10 Å². The fraction of sp³-hybridized carbons (Fsp3) is 0.500. The molecule has 1 aliphatic heterocycles. The molecule has 0 radical (unpaired) electrons. The third kappa shape index (κ3) is 2.57. The minimum absolute atomic E-state index is 0.312. The van der Waals surface area contributed by atoms with Crippen molar-refractivity contribution in [3.05, 3.63) is 41.5 Å². The van der Waals surface area contributed by atoms with Crippen LogP contribution in [-0.2, 0) is 24.9 Å². The van der Waals surface area contributed by atoms with Crippen molar-refractivity contribution in [3.8, 4) is 0 Å². The molecule has 0 aliphatic carbocycles. The van der Waals surface area contributed by atoms with Crippen LogP contribution in [0, 0.1) is 0 Å². The Hall–Kier alpha value is -1.79. The Morgan fingerprint density at radius 3 is 3.05 bits per heavy atom. The first-order valence-electron chi connectivity index (χ1n) is 6.77. The molecule has 3 heterocycles. The van der Waals surface area contributed by atoms with E-state index in [9.17, 15) is 0 Å². The Morgan fingerprint density at radius 1 is 1.40 bits per heavy atom. The van der Waals surface area contributed by atoms with Gasteiger partial charge in [-0.3, -0.25) is 14.6 Å². The molecule has 2 aromatic heterocycles. The van der Waals surface area contributed by atoms with E-state index in [1.807, 2.05) is 30.1 Å². The van der Waals surface area contributed by atoms with Crippen molar-refractivity contribution in [1.29, 1.82) is 0 Å². The Kier molecular flexibility index (Phi) is 3.75. The van der Waals surface area contributed by atoms with Crippen molar-refractivity contribution >= 4 is 0 Å².